The third-order valence-corrected chi connectivity index (χ3v) is 4.56. The highest BCUT2D eigenvalue weighted by molar-refractivity contribution is 5.91. The first-order valence-electron chi connectivity index (χ1n) is 8.13. The quantitative estimate of drug-likeness (QED) is 0.780. The summed E-state index contributed by atoms with van der Waals surface area (Å²) in [5, 5.41) is 7.07. The Hall–Kier alpha value is -2.88. The van der Waals surface area contributed by atoms with Crippen LogP contribution in [0, 0.1) is 0 Å². The number of hydrogen-bond donors (Lipinski definition) is 1. The molecule has 120 valence electrons. The minimum atomic E-state index is -0.358. The summed E-state index contributed by atoms with van der Waals surface area (Å²) < 4.78 is 5.34. The average molecular weight is 318 g/mol. The van der Waals surface area contributed by atoms with Gasteiger partial charge in [-0.25, -0.2) is 0 Å². The van der Waals surface area contributed by atoms with Gasteiger partial charge >= 0.3 is 0 Å². The zero-order valence-corrected chi connectivity index (χ0v) is 13.2. The molecule has 1 amide bonds. The summed E-state index contributed by atoms with van der Waals surface area (Å²) in [6.07, 6.45) is 1.79. The lowest BCUT2D eigenvalue weighted by Gasteiger charge is -2.14. The first-order chi connectivity index (χ1) is 11.8. The van der Waals surface area contributed by atoms with Gasteiger partial charge in [0, 0.05) is 11.6 Å². The van der Waals surface area contributed by atoms with Crippen molar-refractivity contribution in [3.05, 3.63) is 78.1 Å². The van der Waals surface area contributed by atoms with E-state index in [1.165, 1.54) is 0 Å². The molecular formula is C20H18N2O2. The van der Waals surface area contributed by atoms with Gasteiger partial charge in [-0.05, 0) is 18.4 Å². The van der Waals surface area contributed by atoms with Crippen molar-refractivity contribution in [2.24, 2.45) is 0 Å². The SMILES string of the molecule is O=C(NCc1cc(-c2ccccc2)no1)C1(c2ccccc2)CC1. The fourth-order valence-electron chi connectivity index (χ4n) is 3.01. The Bertz CT molecular complexity index is 836. The fourth-order valence-corrected chi connectivity index (χ4v) is 3.01. The summed E-state index contributed by atoms with van der Waals surface area (Å²) in [6.45, 7) is 0.354. The van der Waals surface area contributed by atoms with Crippen LogP contribution >= 0.6 is 0 Å². The van der Waals surface area contributed by atoms with E-state index in [1.54, 1.807) is 0 Å². The van der Waals surface area contributed by atoms with Gasteiger partial charge < -0.3 is 9.84 Å². The van der Waals surface area contributed by atoms with Gasteiger partial charge in [0.2, 0.25) is 5.91 Å². The van der Waals surface area contributed by atoms with Crippen molar-refractivity contribution in [1.82, 2.24) is 10.5 Å². The summed E-state index contributed by atoms with van der Waals surface area (Å²) in [7, 11) is 0. The minimum Gasteiger partial charge on any atom is -0.359 e. The molecule has 4 heteroatoms. The Balaban J connectivity index is 1.43. The van der Waals surface area contributed by atoms with E-state index < -0.39 is 0 Å². The smallest absolute Gasteiger partial charge is 0.231 e. The standard InChI is InChI=1S/C20H18N2O2/c23-19(20(11-12-20)16-9-5-2-6-10-16)21-14-17-13-18(22-24-17)15-7-3-1-4-8-15/h1-10,13H,11-12,14H2,(H,21,23). The van der Waals surface area contributed by atoms with Gasteiger partial charge in [-0.1, -0.05) is 65.8 Å². The summed E-state index contributed by atoms with van der Waals surface area (Å²) >= 11 is 0. The third-order valence-electron chi connectivity index (χ3n) is 4.56. The number of nitrogens with zero attached hydrogens (tertiary/aromatic N) is 1. The van der Waals surface area contributed by atoms with Crippen LogP contribution in [0.1, 0.15) is 24.2 Å². The first-order valence-corrected chi connectivity index (χ1v) is 8.13. The highest BCUT2D eigenvalue weighted by Gasteiger charge is 2.50. The summed E-state index contributed by atoms with van der Waals surface area (Å²) in [5.41, 5.74) is 2.51. The van der Waals surface area contributed by atoms with E-state index in [4.69, 9.17) is 4.52 Å². The van der Waals surface area contributed by atoms with Crippen LogP contribution in [0.15, 0.2) is 71.3 Å². The number of aromatic nitrogens is 1. The van der Waals surface area contributed by atoms with Crippen molar-refractivity contribution in [2.45, 2.75) is 24.8 Å². The Morgan fingerprint density at radius 1 is 1.04 bits per heavy atom. The van der Waals surface area contributed by atoms with Crippen LogP contribution < -0.4 is 5.32 Å². The number of rotatable bonds is 5. The molecule has 0 radical (unpaired) electrons. The summed E-state index contributed by atoms with van der Waals surface area (Å²) in [4.78, 5) is 12.6. The van der Waals surface area contributed by atoms with E-state index in [0.717, 1.165) is 29.7 Å². The van der Waals surface area contributed by atoms with Crippen LogP contribution in [0.25, 0.3) is 11.3 Å². The van der Waals surface area contributed by atoms with Gasteiger partial charge in [0.25, 0.3) is 0 Å². The zero-order valence-electron chi connectivity index (χ0n) is 13.2. The topological polar surface area (TPSA) is 55.1 Å². The molecule has 3 aromatic rings. The van der Waals surface area contributed by atoms with E-state index in [-0.39, 0.29) is 11.3 Å². The van der Waals surface area contributed by atoms with Crippen molar-refractivity contribution < 1.29 is 9.32 Å². The Morgan fingerprint density at radius 2 is 1.71 bits per heavy atom. The highest BCUT2D eigenvalue weighted by Crippen LogP contribution is 2.48. The molecule has 0 spiro atoms. The predicted octanol–water partition coefficient (Wildman–Crippen LogP) is 3.69. The Kier molecular flexibility index (Phi) is 3.65. The van der Waals surface area contributed by atoms with Crippen LogP contribution in [0.2, 0.25) is 0 Å². The lowest BCUT2D eigenvalue weighted by molar-refractivity contribution is -0.123. The number of carbonyl (C=O) groups is 1. The molecular weight excluding hydrogens is 300 g/mol. The molecule has 1 saturated carbocycles. The molecule has 0 atom stereocenters. The molecule has 1 N–H and O–H groups in total. The summed E-state index contributed by atoms with van der Waals surface area (Å²) in [5.74, 6) is 0.720. The molecule has 1 aliphatic rings. The zero-order chi connectivity index (χ0) is 16.4. The van der Waals surface area contributed by atoms with E-state index in [2.05, 4.69) is 10.5 Å². The number of hydrogen-bond acceptors (Lipinski definition) is 3. The number of benzene rings is 2. The lowest BCUT2D eigenvalue weighted by atomic mass is 9.95. The molecule has 1 aliphatic carbocycles. The molecule has 4 nitrogen and oxygen atoms in total. The minimum absolute atomic E-state index is 0.0614. The van der Waals surface area contributed by atoms with Gasteiger partial charge in [0.15, 0.2) is 5.76 Å². The van der Waals surface area contributed by atoms with E-state index in [9.17, 15) is 4.79 Å². The van der Waals surface area contributed by atoms with Crippen molar-refractivity contribution in [3.8, 4) is 11.3 Å². The maximum atomic E-state index is 12.6. The van der Waals surface area contributed by atoms with E-state index in [1.807, 2.05) is 66.7 Å². The second-order valence-electron chi connectivity index (χ2n) is 6.18. The van der Waals surface area contributed by atoms with Crippen molar-refractivity contribution in [1.29, 1.82) is 0 Å². The molecule has 1 fully saturated rings. The second-order valence-corrected chi connectivity index (χ2v) is 6.18. The molecule has 24 heavy (non-hydrogen) atoms. The van der Waals surface area contributed by atoms with Gasteiger partial charge in [0.1, 0.15) is 5.69 Å². The maximum absolute atomic E-state index is 12.6. The number of carbonyl (C=O) groups excluding carboxylic acids is 1. The second kappa shape index (κ2) is 5.96. The lowest BCUT2D eigenvalue weighted by Crippen LogP contribution is -2.34. The van der Waals surface area contributed by atoms with Crippen LogP contribution in [-0.2, 0) is 16.8 Å². The molecule has 4 rings (SSSR count). The molecule has 0 unspecified atom stereocenters. The average Bonchev–Trinajstić information content (AvgIpc) is 3.33. The first kappa shape index (κ1) is 14.7. The molecule has 2 aromatic carbocycles. The molecule has 0 aliphatic heterocycles. The normalized spacial score (nSPS) is 15.0. The van der Waals surface area contributed by atoms with Gasteiger partial charge in [-0.3, -0.25) is 4.79 Å². The summed E-state index contributed by atoms with van der Waals surface area (Å²) in [6, 6.07) is 21.7. The van der Waals surface area contributed by atoms with Crippen LogP contribution in [0.4, 0.5) is 0 Å². The van der Waals surface area contributed by atoms with E-state index in [0.29, 0.717) is 12.3 Å². The van der Waals surface area contributed by atoms with Crippen LogP contribution in [-0.4, -0.2) is 11.1 Å². The van der Waals surface area contributed by atoms with Crippen molar-refractivity contribution in [2.75, 3.05) is 0 Å². The maximum Gasteiger partial charge on any atom is 0.231 e. The fraction of sp³-hybridized carbons (Fsp3) is 0.200. The molecule has 1 heterocycles. The Morgan fingerprint density at radius 3 is 2.38 bits per heavy atom. The third kappa shape index (κ3) is 2.71. The highest BCUT2D eigenvalue weighted by atomic mass is 16.5. The Labute approximate surface area is 140 Å². The van der Waals surface area contributed by atoms with Crippen LogP contribution in [0.3, 0.4) is 0 Å². The van der Waals surface area contributed by atoms with Crippen molar-refractivity contribution in [3.63, 3.8) is 0 Å². The molecule has 0 bridgehead atoms. The molecule has 1 aromatic heterocycles. The predicted molar refractivity (Wildman–Crippen MR) is 91.1 cm³/mol. The molecule has 0 saturated heterocycles. The van der Waals surface area contributed by atoms with E-state index >= 15 is 0 Å². The van der Waals surface area contributed by atoms with Crippen molar-refractivity contribution >= 4 is 5.91 Å². The number of amides is 1. The van der Waals surface area contributed by atoms with Gasteiger partial charge in [0.05, 0.1) is 12.0 Å². The monoisotopic (exact) mass is 318 g/mol. The number of nitrogens with one attached hydrogen (secondary N) is 1. The van der Waals surface area contributed by atoms with Gasteiger partial charge in [-0.15, -0.1) is 0 Å². The largest absolute Gasteiger partial charge is 0.359 e. The van der Waals surface area contributed by atoms with Crippen LogP contribution in [0.5, 0.6) is 0 Å². The van der Waals surface area contributed by atoms with Gasteiger partial charge in [-0.2, -0.15) is 0 Å².